The third kappa shape index (κ3) is 1.75. The van der Waals surface area contributed by atoms with E-state index in [0.717, 1.165) is 12.1 Å². The van der Waals surface area contributed by atoms with E-state index in [0.29, 0.717) is 0 Å². The fraction of sp³-hybridized carbons (Fsp3) is 0.286. The standard InChI is InChI=1S/C7H11BN2O2/c1-2-5-3-4-6(8(11)12)7(9)10-5/h3-4,11-12H,2H2,1H3,(H2,9,10). The van der Waals surface area contributed by atoms with Crippen molar-refractivity contribution in [2.75, 3.05) is 5.73 Å². The Hall–Kier alpha value is -1.07. The molecule has 1 rings (SSSR count). The highest BCUT2D eigenvalue weighted by Gasteiger charge is 2.15. The molecule has 0 aromatic carbocycles. The maximum absolute atomic E-state index is 8.80. The minimum absolute atomic E-state index is 0.185. The molecule has 1 aromatic heterocycles. The third-order valence-electron chi connectivity index (χ3n) is 1.66. The SMILES string of the molecule is CCc1ccc(B(O)O)c(N)n1. The molecule has 4 N–H and O–H groups in total. The number of rotatable bonds is 2. The highest BCUT2D eigenvalue weighted by atomic mass is 16.4. The van der Waals surface area contributed by atoms with Crippen molar-refractivity contribution in [3.8, 4) is 0 Å². The van der Waals surface area contributed by atoms with Crippen molar-refractivity contribution < 1.29 is 10.0 Å². The van der Waals surface area contributed by atoms with Gasteiger partial charge in [0.1, 0.15) is 5.82 Å². The van der Waals surface area contributed by atoms with Crippen LogP contribution in [0, 0.1) is 0 Å². The second-order valence-corrected chi connectivity index (χ2v) is 2.50. The van der Waals surface area contributed by atoms with Crippen molar-refractivity contribution in [1.29, 1.82) is 0 Å². The number of hydrogen-bond acceptors (Lipinski definition) is 4. The summed E-state index contributed by atoms with van der Waals surface area (Å²) in [6.45, 7) is 1.96. The maximum atomic E-state index is 8.80. The van der Waals surface area contributed by atoms with Gasteiger partial charge in [0.2, 0.25) is 0 Å². The molecule has 0 spiro atoms. The lowest BCUT2D eigenvalue weighted by molar-refractivity contribution is 0.426. The quantitative estimate of drug-likeness (QED) is 0.487. The number of hydrogen-bond donors (Lipinski definition) is 3. The average molecular weight is 166 g/mol. The molecule has 1 heterocycles. The fourth-order valence-corrected chi connectivity index (χ4v) is 0.943. The Morgan fingerprint density at radius 3 is 2.58 bits per heavy atom. The van der Waals surface area contributed by atoms with Gasteiger partial charge in [-0.1, -0.05) is 13.0 Å². The van der Waals surface area contributed by atoms with Gasteiger partial charge < -0.3 is 15.8 Å². The van der Waals surface area contributed by atoms with Crippen molar-refractivity contribution in [2.24, 2.45) is 0 Å². The van der Waals surface area contributed by atoms with Gasteiger partial charge in [0.05, 0.1) is 0 Å². The van der Waals surface area contributed by atoms with Gasteiger partial charge in [-0.05, 0) is 12.5 Å². The minimum atomic E-state index is -1.54. The largest absolute Gasteiger partial charge is 0.492 e. The molecular weight excluding hydrogens is 155 g/mol. The van der Waals surface area contributed by atoms with E-state index in [-0.39, 0.29) is 11.3 Å². The van der Waals surface area contributed by atoms with E-state index < -0.39 is 7.12 Å². The molecule has 0 bridgehead atoms. The Morgan fingerprint density at radius 1 is 1.50 bits per heavy atom. The molecule has 0 unspecified atom stereocenters. The van der Waals surface area contributed by atoms with Crippen molar-refractivity contribution in [2.45, 2.75) is 13.3 Å². The molecule has 4 nitrogen and oxygen atoms in total. The number of anilines is 1. The first-order valence-electron chi connectivity index (χ1n) is 3.76. The molecule has 0 amide bonds. The summed E-state index contributed by atoms with van der Waals surface area (Å²) in [4.78, 5) is 3.97. The van der Waals surface area contributed by atoms with Gasteiger partial charge in [-0.2, -0.15) is 0 Å². The van der Waals surface area contributed by atoms with E-state index in [1.54, 1.807) is 12.1 Å². The van der Waals surface area contributed by atoms with Crippen LogP contribution < -0.4 is 11.2 Å². The molecule has 1 aromatic rings. The van der Waals surface area contributed by atoms with E-state index in [4.69, 9.17) is 15.8 Å². The summed E-state index contributed by atoms with van der Waals surface area (Å²) in [7, 11) is -1.54. The predicted octanol–water partition coefficient (Wildman–Crippen LogP) is -1.09. The second kappa shape index (κ2) is 3.56. The summed E-state index contributed by atoms with van der Waals surface area (Å²) in [5, 5.41) is 17.6. The highest BCUT2D eigenvalue weighted by molar-refractivity contribution is 6.60. The van der Waals surface area contributed by atoms with Crippen LogP contribution in [0.15, 0.2) is 12.1 Å². The highest BCUT2D eigenvalue weighted by Crippen LogP contribution is 1.99. The zero-order chi connectivity index (χ0) is 9.14. The first-order chi connectivity index (χ1) is 5.65. The topological polar surface area (TPSA) is 79.4 Å². The number of aryl methyl sites for hydroxylation is 1. The van der Waals surface area contributed by atoms with Crippen LogP contribution in [0.5, 0.6) is 0 Å². The summed E-state index contributed by atoms with van der Waals surface area (Å²) in [6.07, 6.45) is 0.784. The van der Waals surface area contributed by atoms with Crippen molar-refractivity contribution >= 4 is 18.4 Å². The lowest BCUT2D eigenvalue weighted by Gasteiger charge is -2.04. The normalized spacial score (nSPS) is 9.92. The van der Waals surface area contributed by atoms with Gasteiger partial charge in [-0.25, -0.2) is 4.98 Å². The zero-order valence-corrected chi connectivity index (χ0v) is 6.86. The average Bonchev–Trinajstić information content (AvgIpc) is 2.03. The van der Waals surface area contributed by atoms with Crippen molar-refractivity contribution in [1.82, 2.24) is 4.98 Å². The lowest BCUT2D eigenvalue weighted by atomic mass is 9.80. The summed E-state index contributed by atoms with van der Waals surface area (Å²) in [5.41, 5.74) is 6.57. The van der Waals surface area contributed by atoms with Gasteiger partial charge in [0.25, 0.3) is 0 Å². The van der Waals surface area contributed by atoms with Crippen LogP contribution in [-0.4, -0.2) is 22.2 Å². The number of nitrogens with two attached hydrogens (primary N) is 1. The first-order valence-corrected chi connectivity index (χ1v) is 3.76. The molecule has 0 radical (unpaired) electrons. The zero-order valence-electron chi connectivity index (χ0n) is 6.86. The first kappa shape index (κ1) is 9.03. The Balaban J connectivity index is 3.03. The summed E-state index contributed by atoms with van der Waals surface area (Å²) in [5.74, 6) is 0.185. The Bertz CT molecular complexity index is 278. The molecule has 0 saturated carbocycles. The summed E-state index contributed by atoms with van der Waals surface area (Å²) >= 11 is 0. The number of nitrogens with zero attached hydrogens (tertiary/aromatic N) is 1. The fourth-order valence-electron chi connectivity index (χ4n) is 0.943. The molecule has 0 aliphatic heterocycles. The van der Waals surface area contributed by atoms with Crippen LogP contribution in [-0.2, 0) is 6.42 Å². The molecule has 0 aliphatic carbocycles. The Labute approximate surface area is 71.2 Å². The minimum Gasteiger partial charge on any atom is -0.423 e. The predicted molar refractivity (Wildman–Crippen MR) is 47.9 cm³/mol. The van der Waals surface area contributed by atoms with E-state index in [1.807, 2.05) is 6.92 Å². The van der Waals surface area contributed by atoms with Gasteiger partial charge in [-0.15, -0.1) is 0 Å². The summed E-state index contributed by atoms with van der Waals surface area (Å²) in [6, 6.07) is 3.30. The van der Waals surface area contributed by atoms with Crippen LogP contribution in [0.3, 0.4) is 0 Å². The van der Waals surface area contributed by atoms with Crippen LogP contribution in [0.4, 0.5) is 5.82 Å². The molecule has 0 saturated heterocycles. The smallest absolute Gasteiger partial charge is 0.423 e. The molecule has 64 valence electrons. The van der Waals surface area contributed by atoms with Crippen LogP contribution in [0.2, 0.25) is 0 Å². The van der Waals surface area contributed by atoms with Gasteiger partial charge >= 0.3 is 7.12 Å². The maximum Gasteiger partial charge on any atom is 0.492 e. The van der Waals surface area contributed by atoms with Crippen LogP contribution in [0.25, 0.3) is 0 Å². The number of aromatic nitrogens is 1. The Kier molecular flexibility index (Phi) is 2.67. The van der Waals surface area contributed by atoms with E-state index in [1.165, 1.54) is 0 Å². The van der Waals surface area contributed by atoms with Crippen LogP contribution >= 0.6 is 0 Å². The van der Waals surface area contributed by atoms with Gasteiger partial charge in [0, 0.05) is 11.2 Å². The van der Waals surface area contributed by atoms with E-state index in [9.17, 15) is 0 Å². The lowest BCUT2D eigenvalue weighted by Crippen LogP contribution is -2.33. The molecule has 0 aliphatic rings. The van der Waals surface area contributed by atoms with E-state index in [2.05, 4.69) is 4.98 Å². The summed E-state index contributed by atoms with van der Waals surface area (Å²) < 4.78 is 0. The van der Waals surface area contributed by atoms with Crippen LogP contribution in [0.1, 0.15) is 12.6 Å². The monoisotopic (exact) mass is 166 g/mol. The molecule has 0 fully saturated rings. The number of pyridine rings is 1. The van der Waals surface area contributed by atoms with Gasteiger partial charge in [-0.3, -0.25) is 0 Å². The van der Waals surface area contributed by atoms with Gasteiger partial charge in [0.15, 0.2) is 0 Å². The second-order valence-electron chi connectivity index (χ2n) is 2.50. The molecule has 5 heteroatoms. The van der Waals surface area contributed by atoms with E-state index >= 15 is 0 Å². The van der Waals surface area contributed by atoms with Crippen molar-refractivity contribution in [3.05, 3.63) is 17.8 Å². The molecule has 12 heavy (non-hydrogen) atoms. The Morgan fingerprint density at radius 2 is 2.17 bits per heavy atom. The van der Waals surface area contributed by atoms with Crippen molar-refractivity contribution in [3.63, 3.8) is 0 Å². The molecule has 0 atom stereocenters. The third-order valence-corrected chi connectivity index (χ3v) is 1.66. The number of nitrogen functional groups attached to an aromatic ring is 1. The molecular formula is C7H11BN2O2.